The van der Waals surface area contributed by atoms with Crippen molar-refractivity contribution >= 4 is 28.6 Å². The summed E-state index contributed by atoms with van der Waals surface area (Å²) in [5.41, 5.74) is 2.81. The zero-order valence-corrected chi connectivity index (χ0v) is 16.1. The molecule has 2 amide bonds. The van der Waals surface area contributed by atoms with Crippen molar-refractivity contribution in [3.8, 4) is 11.5 Å². The van der Waals surface area contributed by atoms with Crippen LogP contribution in [0.3, 0.4) is 0 Å². The molecule has 8 heteroatoms. The fourth-order valence-corrected chi connectivity index (χ4v) is 3.22. The molecule has 5 rings (SSSR count). The van der Waals surface area contributed by atoms with Crippen molar-refractivity contribution in [1.29, 1.82) is 0 Å². The second-order valence-corrected chi connectivity index (χ2v) is 7.26. The number of hydrogen-bond donors (Lipinski definition) is 2. The van der Waals surface area contributed by atoms with Crippen molar-refractivity contribution in [2.75, 3.05) is 5.32 Å². The molecule has 8 nitrogen and oxygen atoms in total. The Morgan fingerprint density at radius 1 is 1.10 bits per heavy atom. The first-order chi connectivity index (χ1) is 14.6. The summed E-state index contributed by atoms with van der Waals surface area (Å²) in [7, 11) is 0. The molecule has 3 heterocycles. The van der Waals surface area contributed by atoms with Crippen molar-refractivity contribution in [3.05, 3.63) is 65.5 Å². The molecule has 4 aromatic rings. The fraction of sp³-hybridized carbons (Fsp3) is 0.182. The van der Waals surface area contributed by atoms with E-state index >= 15 is 0 Å². The first kappa shape index (κ1) is 18.1. The van der Waals surface area contributed by atoms with Crippen LogP contribution in [-0.2, 0) is 0 Å². The van der Waals surface area contributed by atoms with Crippen molar-refractivity contribution in [2.24, 2.45) is 0 Å². The lowest BCUT2D eigenvalue weighted by molar-refractivity contribution is 0.0950. The Morgan fingerprint density at radius 3 is 2.60 bits per heavy atom. The minimum Gasteiger partial charge on any atom is -0.463 e. The number of carbonyl (C=O) groups is 2. The highest BCUT2D eigenvalue weighted by molar-refractivity contribution is 6.13. The van der Waals surface area contributed by atoms with Crippen LogP contribution in [0.2, 0.25) is 0 Å². The van der Waals surface area contributed by atoms with Gasteiger partial charge in [0, 0.05) is 17.3 Å². The molecule has 3 aromatic heterocycles. The van der Waals surface area contributed by atoms with Gasteiger partial charge in [0.25, 0.3) is 17.5 Å². The first-order valence-corrected chi connectivity index (χ1v) is 9.61. The lowest BCUT2D eigenvalue weighted by atomic mass is 10.1. The molecule has 0 atom stereocenters. The molecule has 1 saturated carbocycles. The first-order valence-electron chi connectivity index (χ1n) is 9.61. The second kappa shape index (κ2) is 7.14. The van der Waals surface area contributed by atoms with Crippen molar-refractivity contribution in [2.45, 2.75) is 25.8 Å². The maximum Gasteiger partial charge on any atom is 0.259 e. The maximum atomic E-state index is 13.1. The SMILES string of the molecule is Cc1noc2nc(-c3ccco3)cc(C(=O)Nc3ccc(C(=O)NC4CC4)cc3)c12. The molecule has 0 aliphatic heterocycles. The van der Waals surface area contributed by atoms with Crippen LogP contribution in [0.1, 0.15) is 39.3 Å². The number of hydrogen-bond acceptors (Lipinski definition) is 6. The highest BCUT2D eigenvalue weighted by Gasteiger charge is 2.24. The van der Waals surface area contributed by atoms with Gasteiger partial charge < -0.3 is 19.6 Å². The van der Waals surface area contributed by atoms with E-state index in [-0.39, 0.29) is 17.5 Å². The normalized spacial score (nSPS) is 13.4. The van der Waals surface area contributed by atoms with E-state index in [0.29, 0.717) is 45.4 Å². The van der Waals surface area contributed by atoms with Crippen molar-refractivity contribution in [1.82, 2.24) is 15.5 Å². The van der Waals surface area contributed by atoms with Gasteiger partial charge in [0.05, 0.1) is 22.9 Å². The minimum atomic E-state index is -0.336. The number of nitrogens with one attached hydrogen (secondary N) is 2. The van der Waals surface area contributed by atoms with Gasteiger partial charge in [-0.1, -0.05) is 5.16 Å². The third-order valence-electron chi connectivity index (χ3n) is 4.95. The van der Waals surface area contributed by atoms with Gasteiger partial charge in [-0.05, 0) is 62.2 Å². The van der Waals surface area contributed by atoms with E-state index in [1.54, 1.807) is 49.4 Å². The predicted octanol–water partition coefficient (Wildman–Crippen LogP) is 3.94. The molecular weight excluding hydrogens is 384 g/mol. The van der Waals surface area contributed by atoms with E-state index in [1.165, 1.54) is 6.26 Å². The number of aromatic nitrogens is 2. The molecule has 0 radical (unpaired) electrons. The van der Waals surface area contributed by atoms with Crippen LogP contribution in [-0.4, -0.2) is 28.0 Å². The number of fused-ring (bicyclic) bond motifs is 1. The van der Waals surface area contributed by atoms with Gasteiger partial charge in [-0.25, -0.2) is 4.98 Å². The number of amides is 2. The summed E-state index contributed by atoms with van der Waals surface area (Å²) in [6.45, 7) is 1.75. The van der Waals surface area contributed by atoms with E-state index in [9.17, 15) is 9.59 Å². The Bertz CT molecular complexity index is 1240. The molecule has 0 unspecified atom stereocenters. The van der Waals surface area contributed by atoms with Crippen molar-refractivity contribution in [3.63, 3.8) is 0 Å². The number of benzene rings is 1. The molecule has 1 fully saturated rings. The molecule has 0 spiro atoms. The summed E-state index contributed by atoms with van der Waals surface area (Å²) in [6.07, 6.45) is 3.60. The van der Waals surface area contributed by atoms with Gasteiger partial charge in [-0.15, -0.1) is 0 Å². The summed E-state index contributed by atoms with van der Waals surface area (Å²) in [6, 6.07) is 12.2. The van der Waals surface area contributed by atoms with Crippen LogP contribution in [0.4, 0.5) is 5.69 Å². The van der Waals surface area contributed by atoms with Gasteiger partial charge in [-0.2, -0.15) is 0 Å². The summed E-state index contributed by atoms with van der Waals surface area (Å²) in [5.74, 6) is 0.0807. The average Bonchev–Trinajstić information content (AvgIpc) is 3.24. The highest BCUT2D eigenvalue weighted by Crippen LogP contribution is 2.28. The van der Waals surface area contributed by atoms with Gasteiger partial charge in [0.2, 0.25) is 0 Å². The van der Waals surface area contributed by atoms with Gasteiger partial charge in [0.15, 0.2) is 5.76 Å². The molecule has 1 aliphatic carbocycles. The number of anilines is 1. The minimum absolute atomic E-state index is 0.102. The van der Waals surface area contributed by atoms with Crippen LogP contribution in [0.15, 0.2) is 57.7 Å². The molecule has 30 heavy (non-hydrogen) atoms. The lowest BCUT2D eigenvalue weighted by Gasteiger charge is -2.09. The van der Waals surface area contributed by atoms with E-state index in [2.05, 4.69) is 20.8 Å². The Balaban J connectivity index is 1.43. The topological polar surface area (TPSA) is 110 Å². The predicted molar refractivity (Wildman–Crippen MR) is 109 cm³/mol. The van der Waals surface area contributed by atoms with Crippen LogP contribution in [0.5, 0.6) is 0 Å². The van der Waals surface area contributed by atoms with E-state index in [4.69, 9.17) is 8.94 Å². The molecule has 2 N–H and O–H groups in total. The highest BCUT2D eigenvalue weighted by atomic mass is 16.5. The number of nitrogens with zero attached hydrogens (tertiary/aromatic N) is 2. The van der Waals surface area contributed by atoms with Crippen LogP contribution >= 0.6 is 0 Å². The number of aryl methyl sites for hydroxylation is 1. The molecule has 0 saturated heterocycles. The van der Waals surface area contributed by atoms with E-state index in [1.807, 2.05) is 0 Å². The monoisotopic (exact) mass is 402 g/mol. The third kappa shape index (κ3) is 3.43. The molecule has 1 aromatic carbocycles. The number of pyridine rings is 1. The second-order valence-electron chi connectivity index (χ2n) is 7.26. The van der Waals surface area contributed by atoms with Crippen molar-refractivity contribution < 1.29 is 18.5 Å². The molecular formula is C22H18N4O4. The Kier molecular flexibility index (Phi) is 4.31. The zero-order chi connectivity index (χ0) is 20.7. The Morgan fingerprint density at radius 2 is 1.90 bits per heavy atom. The largest absolute Gasteiger partial charge is 0.463 e. The number of rotatable bonds is 5. The number of furan rings is 1. The summed E-state index contributed by atoms with van der Waals surface area (Å²) < 4.78 is 10.7. The summed E-state index contributed by atoms with van der Waals surface area (Å²) >= 11 is 0. The maximum absolute atomic E-state index is 13.1. The van der Waals surface area contributed by atoms with E-state index in [0.717, 1.165) is 12.8 Å². The lowest BCUT2D eigenvalue weighted by Crippen LogP contribution is -2.25. The standard InChI is InChI=1S/C22H18N4O4/c1-12-19-16(11-17(18-3-2-10-29-18)25-22(19)30-26-12)21(28)24-14-6-4-13(5-7-14)20(27)23-15-8-9-15/h2-7,10-11,15H,8-9H2,1H3,(H,23,27)(H,24,28). The molecule has 1 aliphatic rings. The average molecular weight is 402 g/mol. The molecule has 0 bridgehead atoms. The van der Waals surface area contributed by atoms with Crippen LogP contribution < -0.4 is 10.6 Å². The zero-order valence-electron chi connectivity index (χ0n) is 16.1. The van der Waals surface area contributed by atoms with Gasteiger partial charge in [-0.3, -0.25) is 9.59 Å². The van der Waals surface area contributed by atoms with E-state index < -0.39 is 0 Å². The summed E-state index contributed by atoms with van der Waals surface area (Å²) in [4.78, 5) is 29.6. The molecule has 150 valence electrons. The van der Waals surface area contributed by atoms with Crippen LogP contribution in [0, 0.1) is 6.92 Å². The third-order valence-corrected chi connectivity index (χ3v) is 4.95. The Labute approximate surface area is 171 Å². The number of carbonyl (C=O) groups excluding carboxylic acids is 2. The van der Waals surface area contributed by atoms with Gasteiger partial charge >= 0.3 is 0 Å². The van der Waals surface area contributed by atoms with Crippen LogP contribution in [0.25, 0.3) is 22.6 Å². The quantitative estimate of drug-likeness (QED) is 0.523. The smallest absolute Gasteiger partial charge is 0.259 e. The Hall–Kier alpha value is -3.94. The fourth-order valence-electron chi connectivity index (χ4n) is 3.22. The van der Waals surface area contributed by atoms with Gasteiger partial charge in [0.1, 0.15) is 5.69 Å². The summed E-state index contributed by atoms with van der Waals surface area (Å²) in [5, 5.41) is 10.3.